The fourth-order valence-electron chi connectivity index (χ4n) is 3.86. The van der Waals surface area contributed by atoms with Gasteiger partial charge in [-0.3, -0.25) is 4.90 Å². The Morgan fingerprint density at radius 1 is 1.26 bits per heavy atom. The van der Waals surface area contributed by atoms with Crippen molar-refractivity contribution >= 4 is 56.2 Å². The number of carbonyl (C=O) groups excluding carboxylic acids is 1. The third kappa shape index (κ3) is 6.49. The average molecular weight is 601 g/mol. The number of methoxy groups -OCH3 is 1. The lowest BCUT2D eigenvalue weighted by Gasteiger charge is -2.38. The third-order valence-electron chi connectivity index (χ3n) is 5.74. The van der Waals surface area contributed by atoms with Gasteiger partial charge in [0.2, 0.25) is 0 Å². The summed E-state index contributed by atoms with van der Waals surface area (Å²) in [7, 11) is -3.22. The van der Waals surface area contributed by atoms with Gasteiger partial charge in [-0.1, -0.05) is 23.7 Å². The number of thiazole rings is 1. The van der Waals surface area contributed by atoms with Crippen molar-refractivity contribution in [3.63, 3.8) is 0 Å². The number of nitrogens with one attached hydrogen (secondary N) is 1. The summed E-state index contributed by atoms with van der Waals surface area (Å²) in [6, 6.07) is 6.23. The molecule has 1 N–H and O–H groups in total. The Morgan fingerprint density at radius 3 is 2.59 bits per heavy atom. The van der Waals surface area contributed by atoms with Crippen molar-refractivity contribution in [2.24, 2.45) is 0 Å². The van der Waals surface area contributed by atoms with Gasteiger partial charge < -0.3 is 14.8 Å². The Kier molecular flexibility index (Phi) is 8.47. The second-order valence-electron chi connectivity index (χ2n) is 9.81. The standard InChI is InChI=1S/C25H27ClF2N4O5S2/c1-25(2,3)37-24(33)32(22-13-38-14-29-22)39(34,35)21-8-17(26)20(9-19(21)28)30-23-15(6-5-7-18(23)27)10-31-11-16(12-31)36-4/h5-9,13-14,16,30H,10-12H2,1-4H3. The van der Waals surface area contributed by atoms with Crippen molar-refractivity contribution < 1.29 is 31.5 Å². The molecule has 0 atom stereocenters. The first kappa shape index (κ1) is 29.2. The minimum absolute atomic E-state index is 0.0599. The van der Waals surface area contributed by atoms with Crippen LogP contribution in [0.5, 0.6) is 0 Å². The molecule has 2 heterocycles. The molecule has 39 heavy (non-hydrogen) atoms. The Balaban J connectivity index is 1.66. The van der Waals surface area contributed by atoms with Crippen molar-refractivity contribution in [3.8, 4) is 0 Å². The number of nitrogens with zero attached hydrogens (tertiary/aromatic N) is 3. The summed E-state index contributed by atoms with van der Waals surface area (Å²) in [5, 5.41) is 3.90. The van der Waals surface area contributed by atoms with Gasteiger partial charge in [0.15, 0.2) is 5.82 Å². The minimum Gasteiger partial charge on any atom is -0.443 e. The number of sulfonamides is 1. The maximum atomic E-state index is 15.4. The van der Waals surface area contributed by atoms with Crippen LogP contribution in [0.3, 0.4) is 0 Å². The number of likely N-dealkylation sites (tertiary alicyclic amines) is 1. The van der Waals surface area contributed by atoms with E-state index in [0.29, 0.717) is 25.2 Å². The number of hydrogen-bond acceptors (Lipinski definition) is 9. The van der Waals surface area contributed by atoms with E-state index in [-0.39, 0.29) is 32.6 Å². The molecule has 0 unspecified atom stereocenters. The van der Waals surface area contributed by atoms with E-state index in [1.165, 1.54) is 17.0 Å². The summed E-state index contributed by atoms with van der Waals surface area (Å²) >= 11 is 7.41. The maximum absolute atomic E-state index is 15.4. The topological polar surface area (TPSA) is 101 Å². The fraction of sp³-hybridized carbons (Fsp3) is 0.360. The first-order valence-electron chi connectivity index (χ1n) is 11.7. The second kappa shape index (κ2) is 11.3. The molecule has 1 saturated heterocycles. The van der Waals surface area contributed by atoms with E-state index in [1.54, 1.807) is 40.0 Å². The Labute approximate surface area is 234 Å². The van der Waals surface area contributed by atoms with Crippen molar-refractivity contribution in [2.45, 2.75) is 43.9 Å². The number of aromatic nitrogens is 1. The molecule has 0 radical (unpaired) electrons. The number of hydrogen-bond donors (Lipinski definition) is 1. The SMILES string of the molecule is COC1CN(Cc2cccc(F)c2Nc2cc(F)c(S(=O)(=O)N(C(=O)OC(C)(C)C)c3cscn3)cc2Cl)C1. The molecule has 1 aliphatic heterocycles. The van der Waals surface area contributed by atoms with Crippen LogP contribution in [0.25, 0.3) is 0 Å². The van der Waals surface area contributed by atoms with Gasteiger partial charge in [-0.2, -0.15) is 0 Å². The van der Waals surface area contributed by atoms with Gasteiger partial charge in [0.1, 0.15) is 22.1 Å². The molecule has 2 aromatic carbocycles. The van der Waals surface area contributed by atoms with Crippen molar-refractivity contribution in [3.05, 3.63) is 63.4 Å². The highest BCUT2D eigenvalue weighted by molar-refractivity contribution is 7.93. The average Bonchev–Trinajstić information content (AvgIpc) is 3.32. The monoisotopic (exact) mass is 600 g/mol. The van der Waals surface area contributed by atoms with Crippen LogP contribution in [0, 0.1) is 11.6 Å². The second-order valence-corrected chi connectivity index (χ2v) is 12.7. The van der Waals surface area contributed by atoms with Gasteiger partial charge >= 0.3 is 6.09 Å². The molecule has 4 rings (SSSR count). The van der Waals surface area contributed by atoms with E-state index < -0.39 is 38.2 Å². The van der Waals surface area contributed by atoms with Crippen molar-refractivity contribution in [1.82, 2.24) is 9.88 Å². The smallest absolute Gasteiger partial charge is 0.430 e. The fourth-order valence-corrected chi connectivity index (χ4v) is 6.07. The van der Waals surface area contributed by atoms with Gasteiger partial charge in [-0.15, -0.1) is 15.6 Å². The molecule has 0 spiro atoms. The number of ether oxygens (including phenoxy) is 2. The van der Waals surface area contributed by atoms with Crippen LogP contribution in [-0.2, 0) is 26.0 Å². The predicted molar refractivity (Wildman–Crippen MR) is 145 cm³/mol. The Bertz CT molecular complexity index is 1460. The Morgan fingerprint density at radius 2 is 1.97 bits per heavy atom. The number of halogens is 3. The highest BCUT2D eigenvalue weighted by Crippen LogP contribution is 2.35. The summed E-state index contributed by atoms with van der Waals surface area (Å²) in [5.41, 5.74) is 0.893. The number of amides is 1. The highest BCUT2D eigenvalue weighted by Gasteiger charge is 2.38. The first-order valence-corrected chi connectivity index (χ1v) is 14.5. The molecule has 9 nitrogen and oxygen atoms in total. The summed E-state index contributed by atoms with van der Waals surface area (Å²) in [4.78, 5) is 17.9. The van der Waals surface area contributed by atoms with Crippen molar-refractivity contribution in [2.75, 3.05) is 29.8 Å². The molecular weight excluding hydrogens is 574 g/mol. The van der Waals surface area contributed by atoms with E-state index in [0.717, 1.165) is 23.5 Å². The van der Waals surface area contributed by atoms with Gasteiger partial charge in [-0.05, 0) is 38.5 Å². The van der Waals surface area contributed by atoms with E-state index in [1.807, 2.05) is 0 Å². The maximum Gasteiger partial charge on any atom is 0.430 e. The summed E-state index contributed by atoms with van der Waals surface area (Å²) in [5.74, 6) is -2.07. The minimum atomic E-state index is -4.85. The molecule has 0 bridgehead atoms. The zero-order valence-electron chi connectivity index (χ0n) is 21.6. The molecule has 0 saturated carbocycles. The lowest BCUT2D eigenvalue weighted by atomic mass is 10.1. The van der Waals surface area contributed by atoms with Crippen LogP contribution in [0.2, 0.25) is 5.02 Å². The summed E-state index contributed by atoms with van der Waals surface area (Å²) in [6.07, 6.45) is -1.15. The van der Waals surface area contributed by atoms with Gasteiger partial charge in [-0.25, -0.2) is 27.0 Å². The third-order valence-corrected chi connectivity index (χ3v) is 8.31. The first-order chi connectivity index (χ1) is 18.3. The van der Waals surface area contributed by atoms with Crippen LogP contribution in [0.1, 0.15) is 26.3 Å². The molecule has 1 amide bonds. The molecular formula is C25H27ClF2N4O5S2. The zero-order chi connectivity index (χ0) is 28.5. The van der Waals surface area contributed by atoms with Crippen LogP contribution in [0.4, 0.5) is 30.8 Å². The van der Waals surface area contributed by atoms with Crippen LogP contribution in [-0.4, -0.2) is 56.3 Å². The summed E-state index contributed by atoms with van der Waals surface area (Å²) in [6.45, 7) is 6.45. The number of anilines is 3. The molecule has 1 fully saturated rings. The molecule has 210 valence electrons. The zero-order valence-corrected chi connectivity index (χ0v) is 24.0. The molecule has 14 heteroatoms. The Hall–Kier alpha value is -2.84. The molecule has 1 aliphatic rings. The van der Waals surface area contributed by atoms with Crippen LogP contribution in [0.15, 0.2) is 46.1 Å². The largest absolute Gasteiger partial charge is 0.443 e. The van der Waals surface area contributed by atoms with Gasteiger partial charge in [0, 0.05) is 38.2 Å². The predicted octanol–water partition coefficient (Wildman–Crippen LogP) is 5.78. The van der Waals surface area contributed by atoms with Gasteiger partial charge in [0.05, 0.1) is 28.0 Å². The van der Waals surface area contributed by atoms with E-state index in [2.05, 4.69) is 15.2 Å². The van der Waals surface area contributed by atoms with Crippen molar-refractivity contribution in [1.29, 1.82) is 0 Å². The highest BCUT2D eigenvalue weighted by atomic mass is 35.5. The molecule has 1 aromatic heterocycles. The number of rotatable bonds is 8. The van der Waals surface area contributed by atoms with Crippen LogP contribution < -0.4 is 9.62 Å². The lowest BCUT2D eigenvalue weighted by molar-refractivity contribution is -0.0333. The quantitative estimate of drug-likeness (QED) is 0.347. The lowest BCUT2D eigenvalue weighted by Crippen LogP contribution is -2.50. The normalized spacial score (nSPS) is 14.6. The number of carbonyl (C=O) groups is 1. The van der Waals surface area contributed by atoms with E-state index >= 15 is 4.39 Å². The molecule has 3 aromatic rings. The van der Waals surface area contributed by atoms with E-state index in [4.69, 9.17) is 21.1 Å². The van der Waals surface area contributed by atoms with Crippen LogP contribution >= 0.6 is 22.9 Å². The number of para-hydroxylation sites is 1. The summed E-state index contributed by atoms with van der Waals surface area (Å²) < 4.78 is 68.1. The van der Waals surface area contributed by atoms with E-state index in [9.17, 15) is 17.6 Å². The number of benzene rings is 2. The van der Waals surface area contributed by atoms with Gasteiger partial charge in [0.25, 0.3) is 10.0 Å². The molecule has 0 aliphatic carbocycles.